The van der Waals surface area contributed by atoms with Crippen LogP contribution in [0.3, 0.4) is 0 Å². The van der Waals surface area contributed by atoms with Gasteiger partial charge in [0.25, 0.3) is 0 Å². The van der Waals surface area contributed by atoms with Crippen LogP contribution in [-0.4, -0.2) is 7.11 Å². The fraction of sp³-hybridized carbons (Fsp3) is 0.250. The minimum atomic E-state index is -0.214. The van der Waals surface area contributed by atoms with Crippen LogP contribution in [0, 0.1) is 5.82 Å². The lowest BCUT2D eigenvalue weighted by atomic mass is 10.1. The first-order chi connectivity index (χ1) is 10.0. The number of hydrogen-bond acceptors (Lipinski definition) is 2. The Kier molecular flexibility index (Phi) is 5.79. The SMILES string of the molecule is COc1c(Br)cc(CNC(C)c2ccc(F)cc2)cc1Br. The van der Waals surface area contributed by atoms with Gasteiger partial charge in [-0.2, -0.15) is 0 Å². The van der Waals surface area contributed by atoms with E-state index in [0.717, 1.165) is 25.8 Å². The summed E-state index contributed by atoms with van der Waals surface area (Å²) in [6.45, 7) is 2.76. The van der Waals surface area contributed by atoms with E-state index in [1.807, 2.05) is 12.1 Å². The van der Waals surface area contributed by atoms with Crippen LogP contribution in [0.15, 0.2) is 45.3 Å². The quantitative estimate of drug-likeness (QED) is 0.722. The first kappa shape index (κ1) is 16.5. The molecular weight excluding hydrogens is 401 g/mol. The average molecular weight is 417 g/mol. The third-order valence-corrected chi connectivity index (χ3v) is 4.42. The maximum absolute atomic E-state index is 12.9. The summed E-state index contributed by atoms with van der Waals surface area (Å²) in [4.78, 5) is 0. The molecule has 2 aromatic carbocycles. The van der Waals surface area contributed by atoms with Crippen molar-refractivity contribution in [2.24, 2.45) is 0 Å². The minimum absolute atomic E-state index is 0.144. The molecule has 2 nitrogen and oxygen atoms in total. The van der Waals surface area contributed by atoms with Crippen molar-refractivity contribution in [1.29, 1.82) is 0 Å². The molecule has 0 aliphatic heterocycles. The lowest BCUT2D eigenvalue weighted by Crippen LogP contribution is -2.18. The molecular formula is C16H16Br2FNO. The summed E-state index contributed by atoms with van der Waals surface area (Å²) in [5.74, 6) is 0.569. The first-order valence-corrected chi connectivity index (χ1v) is 8.10. The van der Waals surface area contributed by atoms with E-state index in [1.54, 1.807) is 19.2 Å². The van der Waals surface area contributed by atoms with Crippen LogP contribution < -0.4 is 10.1 Å². The second-order valence-electron chi connectivity index (χ2n) is 4.75. The number of hydrogen-bond donors (Lipinski definition) is 1. The van der Waals surface area contributed by atoms with Crippen molar-refractivity contribution in [3.05, 3.63) is 62.3 Å². The fourth-order valence-electron chi connectivity index (χ4n) is 2.05. The van der Waals surface area contributed by atoms with Crippen molar-refractivity contribution in [3.63, 3.8) is 0 Å². The van der Waals surface area contributed by atoms with E-state index >= 15 is 0 Å². The molecule has 112 valence electrons. The highest BCUT2D eigenvalue weighted by Crippen LogP contribution is 2.34. The van der Waals surface area contributed by atoms with Gasteiger partial charge >= 0.3 is 0 Å². The number of benzene rings is 2. The zero-order chi connectivity index (χ0) is 15.4. The van der Waals surface area contributed by atoms with Crippen LogP contribution in [0.25, 0.3) is 0 Å². The highest BCUT2D eigenvalue weighted by Gasteiger charge is 2.09. The summed E-state index contributed by atoms with van der Waals surface area (Å²) in [5.41, 5.74) is 2.19. The predicted octanol–water partition coefficient (Wildman–Crippen LogP) is 5.21. The highest BCUT2D eigenvalue weighted by atomic mass is 79.9. The van der Waals surface area contributed by atoms with Gasteiger partial charge in [-0.25, -0.2) is 4.39 Å². The Morgan fingerprint density at radius 3 is 2.24 bits per heavy atom. The molecule has 0 saturated carbocycles. The smallest absolute Gasteiger partial charge is 0.147 e. The van der Waals surface area contributed by atoms with Crippen molar-refractivity contribution >= 4 is 31.9 Å². The number of rotatable bonds is 5. The molecule has 0 bridgehead atoms. The minimum Gasteiger partial charge on any atom is -0.494 e. The van der Waals surface area contributed by atoms with Gasteiger partial charge in [-0.15, -0.1) is 0 Å². The Bertz CT molecular complexity index is 593. The van der Waals surface area contributed by atoms with Crippen LogP contribution in [0.1, 0.15) is 24.1 Å². The zero-order valence-electron chi connectivity index (χ0n) is 11.8. The van der Waals surface area contributed by atoms with Gasteiger partial charge in [-0.3, -0.25) is 0 Å². The Morgan fingerprint density at radius 2 is 1.71 bits per heavy atom. The number of methoxy groups -OCH3 is 1. The molecule has 5 heteroatoms. The Labute approximate surface area is 141 Å². The molecule has 0 fully saturated rings. The summed E-state index contributed by atoms with van der Waals surface area (Å²) >= 11 is 6.99. The summed E-state index contributed by atoms with van der Waals surface area (Å²) in [6.07, 6.45) is 0. The van der Waals surface area contributed by atoms with Gasteiger partial charge in [0.2, 0.25) is 0 Å². The molecule has 0 saturated heterocycles. The van der Waals surface area contributed by atoms with Crippen LogP contribution in [0.5, 0.6) is 5.75 Å². The van der Waals surface area contributed by atoms with Crippen LogP contribution >= 0.6 is 31.9 Å². The van der Waals surface area contributed by atoms with Crippen molar-refractivity contribution in [3.8, 4) is 5.75 Å². The van der Waals surface area contributed by atoms with Gasteiger partial charge < -0.3 is 10.1 Å². The molecule has 1 unspecified atom stereocenters. The summed E-state index contributed by atoms with van der Waals surface area (Å²) < 4.78 is 20.0. The van der Waals surface area contributed by atoms with Gasteiger partial charge in [0.15, 0.2) is 0 Å². The zero-order valence-corrected chi connectivity index (χ0v) is 15.0. The van der Waals surface area contributed by atoms with E-state index in [1.165, 1.54) is 12.1 Å². The van der Waals surface area contributed by atoms with Crippen LogP contribution in [-0.2, 0) is 6.54 Å². The third kappa shape index (κ3) is 4.28. The molecule has 2 aromatic rings. The van der Waals surface area contributed by atoms with E-state index in [9.17, 15) is 4.39 Å². The second-order valence-corrected chi connectivity index (χ2v) is 6.46. The van der Waals surface area contributed by atoms with Gasteiger partial charge in [-0.1, -0.05) is 12.1 Å². The summed E-state index contributed by atoms with van der Waals surface area (Å²) in [5, 5.41) is 3.42. The largest absolute Gasteiger partial charge is 0.494 e. The van der Waals surface area contributed by atoms with Gasteiger partial charge in [0.05, 0.1) is 16.1 Å². The van der Waals surface area contributed by atoms with Crippen LogP contribution in [0.2, 0.25) is 0 Å². The van der Waals surface area contributed by atoms with E-state index in [4.69, 9.17) is 4.74 Å². The average Bonchev–Trinajstić information content (AvgIpc) is 2.45. The topological polar surface area (TPSA) is 21.3 Å². The maximum atomic E-state index is 12.9. The molecule has 1 atom stereocenters. The molecule has 2 rings (SSSR count). The summed E-state index contributed by atoms with van der Waals surface area (Å²) in [7, 11) is 1.64. The molecule has 0 aliphatic rings. The standard InChI is InChI=1S/C16H16Br2FNO/c1-10(12-3-5-13(19)6-4-12)20-9-11-7-14(17)16(21-2)15(18)8-11/h3-8,10,20H,9H2,1-2H3. The lowest BCUT2D eigenvalue weighted by Gasteiger charge is -2.15. The molecule has 1 N–H and O–H groups in total. The molecule has 0 heterocycles. The maximum Gasteiger partial charge on any atom is 0.147 e. The van der Waals surface area contributed by atoms with Gasteiger partial charge in [-0.05, 0) is 74.2 Å². The van der Waals surface area contributed by atoms with Crippen molar-refractivity contribution in [2.45, 2.75) is 19.5 Å². The van der Waals surface area contributed by atoms with Gasteiger partial charge in [0.1, 0.15) is 11.6 Å². The van der Waals surface area contributed by atoms with Crippen molar-refractivity contribution in [1.82, 2.24) is 5.32 Å². The second kappa shape index (κ2) is 7.38. The Morgan fingerprint density at radius 1 is 1.14 bits per heavy atom. The van der Waals surface area contributed by atoms with Crippen molar-refractivity contribution in [2.75, 3.05) is 7.11 Å². The Hall–Kier alpha value is -0.910. The predicted molar refractivity (Wildman–Crippen MR) is 90.0 cm³/mol. The molecule has 0 aliphatic carbocycles. The van der Waals surface area contributed by atoms with E-state index in [-0.39, 0.29) is 11.9 Å². The summed E-state index contributed by atoms with van der Waals surface area (Å²) in [6, 6.07) is 10.7. The number of ether oxygens (including phenoxy) is 1. The number of halogens is 3. The number of nitrogens with one attached hydrogen (secondary N) is 1. The monoisotopic (exact) mass is 415 g/mol. The molecule has 0 spiro atoms. The van der Waals surface area contributed by atoms with Gasteiger partial charge in [0, 0.05) is 12.6 Å². The van der Waals surface area contributed by atoms with E-state index < -0.39 is 0 Å². The molecule has 0 aromatic heterocycles. The molecule has 0 amide bonds. The van der Waals surface area contributed by atoms with E-state index in [0.29, 0.717) is 6.54 Å². The molecule has 0 radical (unpaired) electrons. The third-order valence-electron chi connectivity index (χ3n) is 3.24. The fourth-order valence-corrected chi connectivity index (χ4v) is 3.65. The normalized spacial score (nSPS) is 12.2. The lowest BCUT2D eigenvalue weighted by molar-refractivity contribution is 0.409. The van der Waals surface area contributed by atoms with Crippen molar-refractivity contribution < 1.29 is 9.13 Å². The van der Waals surface area contributed by atoms with Crippen LogP contribution in [0.4, 0.5) is 4.39 Å². The highest BCUT2D eigenvalue weighted by molar-refractivity contribution is 9.11. The Balaban J connectivity index is 2.04. The molecule has 21 heavy (non-hydrogen) atoms. The van der Waals surface area contributed by atoms with E-state index in [2.05, 4.69) is 44.1 Å². The first-order valence-electron chi connectivity index (χ1n) is 6.52.